The number of hydrogen-bond acceptors (Lipinski definition) is 6. The number of pyridine rings is 1. The van der Waals surface area contributed by atoms with E-state index in [-0.39, 0.29) is 0 Å². The Bertz CT molecular complexity index is 647. The zero-order valence-corrected chi connectivity index (χ0v) is 12.2. The summed E-state index contributed by atoms with van der Waals surface area (Å²) in [7, 11) is 0. The van der Waals surface area contributed by atoms with Crippen LogP contribution in [-0.2, 0) is 0 Å². The fraction of sp³-hybridized carbons (Fsp3) is 0.375. The number of ether oxygens (including phenoxy) is 1. The maximum Gasteiger partial charge on any atom is 0.214 e. The molecule has 0 saturated carbocycles. The lowest BCUT2D eigenvalue weighted by Crippen LogP contribution is -2.36. The van der Waals surface area contributed by atoms with Gasteiger partial charge >= 0.3 is 0 Å². The molecule has 0 aromatic carbocycles. The van der Waals surface area contributed by atoms with Gasteiger partial charge in [-0.25, -0.2) is 9.97 Å². The maximum atomic E-state index is 8.87. The van der Waals surface area contributed by atoms with Gasteiger partial charge in [-0.3, -0.25) is 4.98 Å². The first kappa shape index (κ1) is 14.3. The second-order valence-electron chi connectivity index (χ2n) is 5.30. The second kappa shape index (κ2) is 6.85. The van der Waals surface area contributed by atoms with Crippen molar-refractivity contribution in [1.29, 1.82) is 5.26 Å². The Balaban J connectivity index is 1.49. The average molecular weight is 295 g/mol. The fourth-order valence-corrected chi connectivity index (χ4v) is 2.54. The van der Waals surface area contributed by atoms with Crippen molar-refractivity contribution in [2.45, 2.75) is 12.8 Å². The minimum Gasteiger partial charge on any atom is -0.477 e. The molecule has 2 aromatic heterocycles. The van der Waals surface area contributed by atoms with E-state index < -0.39 is 0 Å². The predicted molar refractivity (Wildman–Crippen MR) is 81.4 cm³/mol. The molecular weight excluding hydrogens is 278 g/mol. The van der Waals surface area contributed by atoms with Crippen molar-refractivity contribution >= 4 is 5.82 Å². The van der Waals surface area contributed by atoms with Crippen molar-refractivity contribution in [1.82, 2.24) is 15.0 Å². The molecule has 0 spiro atoms. The number of hydrogen-bond donors (Lipinski definition) is 0. The van der Waals surface area contributed by atoms with Crippen molar-refractivity contribution < 1.29 is 4.74 Å². The van der Waals surface area contributed by atoms with Gasteiger partial charge in [0, 0.05) is 37.7 Å². The van der Waals surface area contributed by atoms with Gasteiger partial charge in [-0.1, -0.05) is 0 Å². The van der Waals surface area contributed by atoms with Crippen LogP contribution in [0.4, 0.5) is 5.82 Å². The highest BCUT2D eigenvalue weighted by Gasteiger charge is 2.20. The molecule has 6 nitrogen and oxygen atoms in total. The van der Waals surface area contributed by atoms with Crippen molar-refractivity contribution in [3.05, 3.63) is 42.5 Å². The third-order valence-corrected chi connectivity index (χ3v) is 3.82. The number of nitrogens with zero attached hydrogens (tertiary/aromatic N) is 5. The normalized spacial score (nSPS) is 15.3. The molecule has 0 bridgehead atoms. The molecule has 3 rings (SSSR count). The highest BCUT2D eigenvalue weighted by Crippen LogP contribution is 2.22. The van der Waals surface area contributed by atoms with Crippen LogP contribution in [0.25, 0.3) is 0 Å². The van der Waals surface area contributed by atoms with Crippen molar-refractivity contribution in [3.8, 4) is 11.9 Å². The van der Waals surface area contributed by atoms with E-state index in [1.54, 1.807) is 36.9 Å². The van der Waals surface area contributed by atoms with E-state index >= 15 is 0 Å². The molecule has 1 aliphatic rings. The Kier molecular flexibility index (Phi) is 4.44. The Morgan fingerprint density at radius 2 is 2.09 bits per heavy atom. The van der Waals surface area contributed by atoms with Gasteiger partial charge in [-0.2, -0.15) is 5.26 Å². The Hall–Kier alpha value is -2.68. The monoisotopic (exact) mass is 295 g/mol. The van der Waals surface area contributed by atoms with E-state index in [0.29, 0.717) is 24.0 Å². The van der Waals surface area contributed by atoms with Gasteiger partial charge in [0.25, 0.3) is 0 Å². The minimum absolute atomic E-state index is 0.500. The quantitative estimate of drug-likeness (QED) is 0.859. The first-order valence-corrected chi connectivity index (χ1v) is 7.35. The molecule has 112 valence electrons. The van der Waals surface area contributed by atoms with E-state index in [4.69, 9.17) is 10.00 Å². The molecule has 1 fully saturated rings. The molecule has 6 heteroatoms. The van der Waals surface area contributed by atoms with Crippen molar-refractivity contribution in [2.24, 2.45) is 5.92 Å². The van der Waals surface area contributed by atoms with Crippen LogP contribution in [0.3, 0.4) is 0 Å². The molecule has 0 radical (unpaired) electrons. The number of piperidine rings is 1. The summed E-state index contributed by atoms with van der Waals surface area (Å²) in [5.74, 6) is 1.96. The summed E-state index contributed by atoms with van der Waals surface area (Å²) in [5, 5.41) is 8.87. The van der Waals surface area contributed by atoms with Crippen molar-refractivity contribution in [3.63, 3.8) is 0 Å². The molecule has 1 aliphatic heterocycles. The lowest BCUT2D eigenvalue weighted by molar-refractivity contribution is 0.216. The highest BCUT2D eigenvalue weighted by atomic mass is 16.5. The van der Waals surface area contributed by atoms with E-state index in [1.165, 1.54) is 0 Å². The summed E-state index contributed by atoms with van der Waals surface area (Å²) in [5.41, 5.74) is 0.572. The van der Waals surface area contributed by atoms with Gasteiger partial charge in [0.2, 0.25) is 5.88 Å². The summed E-state index contributed by atoms with van der Waals surface area (Å²) in [6, 6.07) is 5.44. The van der Waals surface area contributed by atoms with Crippen LogP contribution in [0.2, 0.25) is 0 Å². The smallest absolute Gasteiger partial charge is 0.214 e. The highest BCUT2D eigenvalue weighted by molar-refractivity contribution is 5.35. The maximum absolute atomic E-state index is 8.87. The molecule has 0 unspecified atom stereocenters. The largest absolute Gasteiger partial charge is 0.477 e. The van der Waals surface area contributed by atoms with Gasteiger partial charge in [-0.05, 0) is 24.8 Å². The Labute approximate surface area is 129 Å². The third-order valence-electron chi connectivity index (χ3n) is 3.82. The SMILES string of the molecule is N#Cc1ccnc(OCC2CCN(c3cnccn3)CC2)c1. The van der Waals surface area contributed by atoms with Crippen LogP contribution in [0.5, 0.6) is 5.88 Å². The van der Waals surface area contributed by atoms with E-state index in [0.717, 1.165) is 31.7 Å². The molecule has 0 atom stereocenters. The number of nitriles is 1. The first-order chi connectivity index (χ1) is 10.8. The zero-order valence-electron chi connectivity index (χ0n) is 12.2. The molecule has 0 N–H and O–H groups in total. The minimum atomic E-state index is 0.500. The molecular formula is C16H17N5O. The molecule has 0 amide bonds. The third kappa shape index (κ3) is 3.50. The van der Waals surface area contributed by atoms with E-state index in [1.807, 2.05) is 0 Å². The first-order valence-electron chi connectivity index (χ1n) is 7.35. The second-order valence-corrected chi connectivity index (χ2v) is 5.30. The molecule has 0 aliphatic carbocycles. The summed E-state index contributed by atoms with van der Waals surface area (Å²) < 4.78 is 5.72. The summed E-state index contributed by atoms with van der Waals surface area (Å²) in [4.78, 5) is 14.8. The topological polar surface area (TPSA) is 74.9 Å². The van der Waals surface area contributed by atoms with E-state index in [2.05, 4.69) is 25.9 Å². The lowest BCUT2D eigenvalue weighted by Gasteiger charge is -2.32. The zero-order chi connectivity index (χ0) is 15.2. The number of aromatic nitrogens is 3. The van der Waals surface area contributed by atoms with Gasteiger partial charge in [-0.15, -0.1) is 0 Å². The average Bonchev–Trinajstić information content (AvgIpc) is 2.61. The van der Waals surface area contributed by atoms with Crippen LogP contribution in [0.15, 0.2) is 36.9 Å². The van der Waals surface area contributed by atoms with Crippen LogP contribution in [0.1, 0.15) is 18.4 Å². The lowest BCUT2D eigenvalue weighted by atomic mass is 9.98. The van der Waals surface area contributed by atoms with Crippen molar-refractivity contribution in [2.75, 3.05) is 24.6 Å². The van der Waals surface area contributed by atoms with Gasteiger partial charge in [0.1, 0.15) is 5.82 Å². The summed E-state index contributed by atoms with van der Waals surface area (Å²) >= 11 is 0. The van der Waals surface area contributed by atoms with Crippen LogP contribution in [-0.4, -0.2) is 34.6 Å². The fourth-order valence-electron chi connectivity index (χ4n) is 2.54. The Morgan fingerprint density at radius 1 is 1.23 bits per heavy atom. The molecule has 2 aromatic rings. The van der Waals surface area contributed by atoms with E-state index in [9.17, 15) is 0 Å². The van der Waals surface area contributed by atoms with Gasteiger partial charge in [0.15, 0.2) is 0 Å². The molecule has 1 saturated heterocycles. The summed E-state index contributed by atoms with van der Waals surface area (Å²) in [6.45, 7) is 2.55. The standard InChI is InChI=1S/C16H17N5O/c17-10-14-1-4-20-16(9-14)22-12-13-2-7-21(8-3-13)15-11-18-5-6-19-15/h1,4-6,9,11,13H,2-3,7-8,12H2. The predicted octanol–water partition coefficient (Wildman–Crippen LogP) is 2.04. The number of anilines is 1. The Morgan fingerprint density at radius 3 is 2.82 bits per heavy atom. The molecule has 3 heterocycles. The van der Waals surface area contributed by atoms with Crippen LogP contribution < -0.4 is 9.64 Å². The summed E-state index contributed by atoms with van der Waals surface area (Å²) in [6.07, 6.45) is 8.91. The van der Waals surface area contributed by atoms with Crippen LogP contribution >= 0.6 is 0 Å². The van der Waals surface area contributed by atoms with Gasteiger partial charge in [0.05, 0.1) is 24.4 Å². The van der Waals surface area contributed by atoms with Crippen LogP contribution in [0, 0.1) is 17.2 Å². The number of rotatable bonds is 4. The molecule has 22 heavy (non-hydrogen) atoms. The van der Waals surface area contributed by atoms with Gasteiger partial charge < -0.3 is 9.64 Å².